The molecular formula is C13H17N4+. The molecule has 0 radical (unpaired) electrons. The molecule has 0 atom stereocenters. The van der Waals surface area contributed by atoms with Crippen LogP contribution in [0.2, 0.25) is 0 Å². The van der Waals surface area contributed by atoms with Crippen LogP contribution in [0.3, 0.4) is 0 Å². The molecule has 0 aromatic heterocycles. The van der Waals surface area contributed by atoms with Gasteiger partial charge in [0, 0.05) is 6.42 Å². The molecule has 0 aromatic rings. The molecule has 1 N–H and O–H groups in total. The number of nitriles is 2. The molecule has 1 saturated heterocycles. The maximum absolute atomic E-state index is 8.75. The van der Waals surface area contributed by atoms with Crippen LogP contribution < -0.4 is 4.90 Å². The molecular weight excluding hydrogens is 212 g/mol. The van der Waals surface area contributed by atoms with Gasteiger partial charge in [0.15, 0.2) is 0 Å². The molecule has 0 amide bonds. The van der Waals surface area contributed by atoms with Gasteiger partial charge in [0.2, 0.25) is 5.71 Å². The second kappa shape index (κ2) is 5.61. The van der Waals surface area contributed by atoms with Gasteiger partial charge >= 0.3 is 0 Å². The summed E-state index contributed by atoms with van der Waals surface area (Å²) in [5.41, 5.74) is 2.35. The first-order chi connectivity index (χ1) is 8.35. The molecule has 0 saturated carbocycles. The Hall–Kier alpha value is -1.65. The monoisotopic (exact) mass is 229 g/mol. The van der Waals surface area contributed by atoms with E-state index in [9.17, 15) is 0 Å². The van der Waals surface area contributed by atoms with E-state index in [1.807, 2.05) is 12.1 Å². The van der Waals surface area contributed by atoms with Crippen LogP contribution in [0.15, 0.2) is 16.4 Å². The largest absolute Gasteiger partial charge is 0.305 e. The second-order valence-corrected chi connectivity index (χ2v) is 4.63. The highest BCUT2D eigenvalue weighted by molar-refractivity contribution is 6.10. The van der Waals surface area contributed by atoms with E-state index in [-0.39, 0.29) is 5.71 Å². The van der Waals surface area contributed by atoms with Gasteiger partial charge in [-0.1, -0.05) is 0 Å². The van der Waals surface area contributed by atoms with Gasteiger partial charge in [0.05, 0.1) is 18.8 Å². The Balaban J connectivity index is 2.21. The predicted octanol–water partition coefficient (Wildman–Crippen LogP) is 0.939. The third-order valence-corrected chi connectivity index (χ3v) is 3.53. The number of allylic oxidation sites excluding steroid dienone is 2. The van der Waals surface area contributed by atoms with Gasteiger partial charge in [-0.3, -0.25) is 0 Å². The van der Waals surface area contributed by atoms with Gasteiger partial charge in [0.1, 0.15) is 17.8 Å². The topological polar surface area (TPSA) is 64.4 Å². The minimum atomic E-state index is -0.00388. The van der Waals surface area contributed by atoms with Crippen LogP contribution in [0.1, 0.15) is 38.5 Å². The smallest absolute Gasteiger partial charge is 0.218 e. The van der Waals surface area contributed by atoms with Crippen LogP contribution in [0, 0.1) is 22.7 Å². The zero-order valence-corrected chi connectivity index (χ0v) is 10.00. The van der Waals surface area contributed by atoms with Crippen LogP contribution in [-0.2, 0) is 0 Å². The van der Waals surface area contributed by atoms with Gasteiger partial charge in [-0.2, -0.15) is 10.5 Å². The van der Waals surface area contributed by atoms with Crippen LogP contribution in [0.4, 0.5) is 0 Å². The van der Waals surface area contributed by atoms with Crippen molar-refractivity contribution < 1.29 is 4.90 Å². The fraction of sp³-hybridized carbons (Fsp3) is 0.615. The molecule has 1 fully saturated rings. The number of rotatable bonds is 2. The first-order valence-corrected chi connectivity index (χ1v) is 6.31. The van der Waals surface area contributed by atoms with Crippen molar-refractivity contribution in [1.29, 1.82) is 10.5 Å². The van der Waals surface area contributed by atoms with Crippen LogP contribution >= 0.6 is 0 Å². The van der Waals surface area contributed by atoms with Gasteiger partial charge in [0.25, 0.3) is 0 Å². The number of quaternary nitrogens is 1. The van der Waals surface area contributed by atoms with Crippen LogP contribution in [0.5, 0.6) is 0 Å². The van der Waals surface area contributed by atoms with E-state index in [4.69, 9.17) is 10.5 Å². The fourth-order valence-electron chi connectivity index (χ4n) is 2.72. The number of hydrogen-bond acceptors (Lipinski definition) is 3. The Kier molecular flexibility index (Phi) is 3.90. The van der Waals surface area contributed by atoms with E-state index < -0.39 is 0 Å². The maximum Gasteiger partial charge on any atom is 0.218 e. The van der Waals surface area contributed by atoms with Crippen molar-refractivity contribution in [2.24, 2.45) is 4.99 Å². The standard InChI is InChI=1S/C13H16N4/c14-9-11(10-15)16-12-5-4-6-13(12)17-7-2-1-3-8-17/h1-8H2/p+1. The van der Waals surface area contributed by atoms with Crippen molar-refractivity contribution in [3.05, 3.63) is 11.4 Å². The zero-order chi connectivity index (χ0) is 12.1. The van der Waals surface area contributed by atoms with E-state index in [1.54, 1.807) is 0 Å². The summed E-state index contributed by atoms with van der Waals surface area (Å²) < 4.78 is 0. The molecule has 17 heavy (non-hydrogen) atoms. The molecule has 88 valence electrons. The van der Waals surface area contributed by atoms with Crippen molar-refractivity contribution in [3.63, 3.8) is 0 Å². The lowest BCUT2D eigenvalue weighted by Gasteiger charge is -2.24. The van der Waals surface area contributed by atoms with Gasteiger partial charge < -0.3 is 4.90 Å². The third kappa shape index (κ3) is 2.72. The average Bonchev–Trinajstić information content (AvgIpc) is 2.85. The highest BCUT2D eigenvalue weighted by Gasteiger charge is 2.26. The van der Waals surface area contributed by atoms with Crippen molar-refractivity contribution in [2.45, 2.75) is 38.5 Å². The summed E-state index contributed by atoms with van der Waals surface area (Å²) in [5, 5.41) is 17.5. The lowest BCUT2D eigenvalue weighted by molar-refractivity contribution is -0.867. The Bertz CT molecular complexity index is 411. The molecule has 1 aliphatic carbocycles. The minimum Gasteiger partial charge on any atom is -0.305 e. The van der Waals surface area contributed by atoms with Crippen molar-refractivity contribution >= 4 is 5.71 Å². The molecule has 1 aliphatic heterocycles. The number of nitrogens with one attached hydrogen (secondary N) is 1. The number of hydrogen-bond donors (Lipinski definition) is 1. The number of aliphatic imine (C=N–C) groups is 1. The molecule has 2 rings (SSSR count). The summed E-state index contributed by atoms with van der Waals surface area (Å²) >= 11 is 0. The molecule has 0 bridgehead atoms. The Morgan fingerprint density at radius 2 is 1.71 bits per heavy atom. The average molecular weight is 229 g/mol. The highest BCUT2D eigenvalue weighted by atomic mass is 15.2. The van der Waals surface area contributed by atoms with Crippen molar-refractivity contribution in [1.82, 2.24) is 0 Å². The SMILES string of the molecule is N#CC(C#N)=NC1=C([NH+]2CCCCC2)CCC1. The molecule has 1 heterocycles. The Labute approximate surface area is 102 Å². The molecule has 0 unspecified atom stereocenters. The van der Waals surface area contributed by atoms with Gasteiger partial charge in [-0.25, -0.2) is 4.99 Å². The molecule has 4 nitrogen and oxygen atoms in total. The summed E-state index contributed by atoms with van der Waals surface area (Å²) in [7, 11) is 0. The van der Waals surface area contributed by atoms with E-state index >= 15 is 0 Å². The summed E-state index contributed by atoms with van der Waals surface area (Å²) in [6.45, 7) is 2.37. The van der Waals surface area contributed by atoms with E-state index in [1.165, 1.54) is 42.9 Å². The fourth-order valence-corrected chi connectivity index (χ4v) is 2.72. The van der Waals surface area contributed by atoms with Crippen LogP contribution in [0.25, 0.3) is 0 Å². The predicted molar refractivity (Wildman–Crippen MR) is 64.1 cm³/mol. The molecule has 0 spiro atoms. The summed E-state index contributed by atoms with van der Waals surface area (Å²) in [5.74, 6) is 0. The maximum atomic E-state index is 8.75. The lowest BCUT2D eigenvalue weighted by atomic mass is 10.1. The van der Waals surface area contributed by atoms with Crippen molar-refractivity contribution in [2.75, 3.05) is 13.1 Å². The van der Waals surface area contributed by atoms with Gasteiger partial charge in [-0.15, -0.1) is 0 Å². The first-order valence-electron chi connectivity index (χ1n) is 6.31. The zero-order valence-electron chi connectivity index (χ0n) is 10.00. The van der Waals surface area contributed by atoms with E-state index in [0.717, 1.165) is 25.0 Å². The number of piperidine rings is 1. The quantitative estimate of drug-likeness (QED) is 0.716. The Morgan fingerprint density at radius 3 is 2.35 bits per heavy atom. The highest BCUT2D eigenvalue weighted by Crippen LogP contribution is 2.23. The summed E-state index contributed by atoms with van der Waals surface area (Å²) in [4.78, 5) is 5.75. The second-order valence-electron chi connectivity index (χ2n) is 4.63. The Morgan fingerprint density at radius 1 is 1.00 bits per heavy atom. The summed E-state index contributed by atoms with van der Waals surface area (Å²) in [6, 6.07) is 3.70. The third-order valence-electron chi connectivity index (χ3n) is 3.53. The molecule has 2 aliphatic rings. The number of nitrogens with zero attached hydrogens (tertiary/aromatic N) is 3. The number of likely N-dealkylation sites (tertiary alicyclic amines) is 1. The van der Waals surface area contributed by atoms with E-state index in [2.05, 4.69) is 4.99 Å². The van der Waals surface area contributed by atoms with Crippen LogP contribution in [-0.4, -0.2) is 18.8 Å². The summed E-state index contributed by atoms with van der Waals surface area (Å²) in [6.07, 6.45) is 7.00. The van der Waals surface area contributed by atoms with Gasteiger partial charge in [-0.05, 0) is 32.1 Å². The molecule has 0 aromatic carbocycles. The first kappa shape index (κ1) is 11.8. The normalized spacial score (nSPS) is 20.8. The lowest BCUT2D eigenvalue weighted by Crippen LogP contribution is -3.11. The van der Waals surface area contributed by atoms with Crippen molar-refractivity contribution in [3.8, 4) is 12.1 Å². The van der Waals surface area contributed by atoms with E-state index in [0.29, 0.717) is 0 Å². The molecule has 4 heteroatoms. The minimum absolute atomic E-state index is 0.00388.